The number of benzene rings is 1. The fourth-order valence-electron chi connectivity index (χ4n) is 2.30. The third-order valence-electron chi connectivity index (χ3n) is 3.40. The number of anilines is 1. The Hall–Kier alpha value is -1.48. The number of halogens is 1. The molecule has 0 heterocycles. The Balaban J connectivity index is 2.28. The van der Waals surface area contributed by atoms with E-state index in [0.717, 1.165) is 42.8 Å². The summed E-state index contributed by atoms with van der Waals surface area (Å²) in [7, 11) is 0. The normalized spacial score (nSPS) is 14.7. The van der Waals surface area contributed by atoms with Crippen molar-refractivity contribution in [1.29, 1.82) is 0 Å². The summed E-state index contributed by atoms with van der Waals surface area (Å²) in [6.07, 6.45) is 6.45. The molecule has 108 valence electrons. The fraction of sp³-hybridized carbons (Fsp3) is 0.438. The van der Waals surface area contributed by atoms with E-state index in [2.05, 4.69) is 11.8 Å². The predicted octanol–water partition coefficient (Wildman–Crippen LogP) is 4.06. The van der Waals surface area contributed by atoms with Crippen molar-refractivity contribution in [1.82, 2.24) is 0 Å². The molecule has 0 aromatic heterocycles. The molecule has 1 aliphatic rings. The molecule has 0 bridgehead atoms. The van der Waals surface area contributed by atoms with Gasteiger partial charge < -0.3 is 10.0 Å². The zero-order valence-electron chi connectivity index (χ0n) is 11.7. The SMILES string of the molecule is CCCN(CC1CC1)c1ccc(Cl)cc1/C=C/C(=O)O. The smallest absolute Gasteiger partial charge is 0.328 e. The van der Waals surface area contributed by atoms with Gasteiger partial charge in [-0.2, -0.15) is 0 Å². The lowest BCUT2D eigenvalue weighted by molar-refractivity contribution is -0.131. The van der Waals surface area contributed by atoms with Crippen molar-refractivity contribution in [3.05, 3.63) is 34.9 Å². The van der Waals surface area contributed by atoms with Gasteiger partial charge in [0.25, 0.3) is 0 Å². The first-order valence-electron chi connectivity index (χ1n) is 7.05. The molecule has 1 fully saturated rings. The second kappa shape index (κ2) is 6.80. The van der Waals surface area contributed by atoms with Crippen molar-refractivity contribution in [2.45, 2.75) is 26.2 Å². The second-order valence-corrected chi connectivity index (χ2v) is 5.70. The zero-order valence-corrected chi connectivity index (χ0v) is 12.4. The second-order valence-electron chi connectivity index (χ2n) is 5.26. The molecule has 2 rings (SSSR count). The number of nitrogens with zero attached hydrogens (tertiary/aromatic N) is 1. The standard InChI is InChI=1S/C16H20ClNO2/c1-2-9-18(11-12-3-4-12)15-7-6-14(17)10-13(15)5-8-16(19)20/h5-8,10,12H,2-4,9,11H2,1H3,(H,19,20)/b8-5+. The molecule has 4 heteroatoms. The summed E-state index contributed by atoms with van der Waals surface area (Å²) >= 11 is 6.03. The molecule has 0 aliphatic heterocycles. The first kappa shape index (κ1) is 14.9. The van der Waals surface area contributed by atoms with Gasteiger partial charge in [0, 0.05) is 29.9 Å². The number of hydrogen-bond acceptors (Lipinski definition) is 2. The maximum atomic E-state index is 10.7. The van der Waals surface area contributed by atoms with Crippen LogP contribution in [0, 0.1) is 5.92 Å². The maximum absolute atomic E-state index is 10.7. The number of hydrogen-bond donors (Lipinski definition) is 1. The molecule has 3 nitrogen and oxygen atoms in total. The van der Waals surface area contributed by atoms with E-state index in [1.807, 2.05) is 18.2 Å². The molecule has 20 heavy (non-hydrogen) atoms. The van der Waals surface area contributed by atoms with Gasteiger partial charge in [0.05, 0.1) is 0 Å². The van der Waals surface area contributed by atoms with Gasteiger partial charge in [0.1, 0.15) is 0 Å². The lowest BCUT2D eigenvalue weighted by Crippen LogP contribution is -2.27. The van der Waals surface area contributed by atoms with E-state index < -0.39 is 5.97 Å². The maximum Gasteiger partial charge on any atom is 0.328 e. The van der Waals surface area contributed by atoms with E-state index >= 15 is 0 Å². The molecule has 0 spiro atoms. The van der Waals surface area contributed by atoms with Gasteiger partial charge >= 0.3 is 5.97 Å². The van der Waals surface area contributed by atoms with E-state index in [4.69, 9.17) is 16.7 Å². The van der Waals surface area contributed by atoms with Gasteiger partial charge in [-0.25, -0.2) is 4.79 Å². The molecule has 1 aromatic carbocycles. The molecular weight excluding hydrogens is 274 g/mol. The highest BCUT2D eigenvalue weighted by Crippen LogP contribution is 2.33. The summed E-state index contributed by atoms with van der Waals surface area (Å²) in [5, 5.41) is 9.43. The summed E-state index contributed by atoms with van der Waals surface area (Å²) in [4.78, 5) is 13.1. The molecule has 0 amide bonds. The number of rotatable bonds is 7. The quantitative estimate of drug-likeness (QED) is 0.771. The van der Waals surface area contributed by atoms with Gasteiger partial charge in [-0.1, -0.05) is 18.5 Å². The van der Waals surface area contributed by atoms with E-state index in [9.17, 15) is 4.79 Å². The first-order valence-corrected chi connectivity index (χ1v) is 7.43. The van der Waals surface area contributed by atoms with Gasteiger partial charge in [-0.15, -0.1) is 0 Å². The Kier molecular flexibility index (Phi) is 5.07. The summed E-state index contributed by atoms with van der Waals surface area (Å²) in [5.41, 5.74) is 1.94. The van der Waals surface area contributed by atoms with Crippen molar-refractivity contribution in [2.24, 2.45) is 5.92 Å². The zero-order chi connectivity index (χ0) is 14.5. The van der Waals surface area contributed by atoms with Crippen molar-refractivity contribution in [3.8, 4) is 0 Å². The van der Waals surface area contributed by atoms with E-state index in [-0.39, 0.29) is 0 Å². The largest absolute Gasteiger partial charge is 0.478 e. The average molecular weight is 294 g/mol. The van der Waals surface area contributed by atoms with E-state index in [1.165, 1.54) is 12.8 Å². The van der Waals surface area contributed by atoms with Crippen LogP contribution >= 0.6 is 11.6 Å². The van der Waals surface area contributed by atoms with Crippen LogP contribution in [0.15, 0.2) is 24.3 Å². The summed E-state index contributed by atoms with van der Waals surface area (Å²) in [6, 6.07) is 5.68. The first-order chi connectivity index (χ1) is 9.60. The van der Waals surface area contributed by atoms with Crippen molar-refractivity contribution >= 4 is 29.3 Å². The molecule has 1 aromatic rings. The van der Waals surface area contributed by atoms with Crippen molar-refractivity contribution < 1.29 is 9.90 Å². The van der Waals surface area contributed by atoms with Crippen molar-refractivity contribution in [3.63, 3.8) is 0 Å². The van der Waals surface area contributed by atoms with Gasteiger partial charge in [0.2, 0.25) is 0 Å². The number of aliphatic carboxylic acids is 1. The molecular formula is C16H20ClNO2. The number of carbonyl (C=O) groups is 1. The van der Waals surface area contributed by atoms with Crippen LogP contribution in [0.2, 0.25) is 5.02 Å². The molecule has 1 N–H and O–H groups in total. The van der Waals surface area contributed by atoms with Crippen LogP contribution in [0.3, 0.4) is 0 Å². The molecule has 0 unspecified atom stereocenters. The summed E-state index contributed by atoms with van der Waals surface area (Å²) in [5.74, 6) is -0.159. The van der Waals surface area contributed by atoms with Gasteiger partial charge in [0.15, 0.2) is 0 Å². The highest BCUT2D eigenvalue weighted by atomic mass is 35.5. The third-order valence-corrected chi connectivity index (χ3v) is 3.64. The van der Waals surface area contributed by atoms with Crippen LogP contribution in [0.1, 0.15) is 31.7 Å². The Morgan fingerprint density at radius 3 is 2.85 bits per heavy atom. The third kappa shape index (κ3) is 4.27. The van der Waals surface area contributed by atoms with Crippen LogP contribution in [0.4, 0.5) is 5.69 Å². The summed E-state index contributed by atoms with van der Waals surface area (Å²) in [6.45, 7) is 4.18. The lowest BCUT2D eigenvalue weighted by atomic mass is 10.1. The highest BCUT2D eigenvalue weighted by molar-refractivity contribution is 6.30. The molecule has 0 radical (unpaired) electrons. The lowest BCUT2D eigenvalue weighted by Gasteiger charge is -2.26. The summed E-state index contributed by atoms with van der Waals surface area (Å²) < 4.78 is 0. The molecule has 1 saturated carbocycles. The Labute approximate surface area is 124 Å². The van der Waals surface area contributed by atoms with Crippen LogP contribution < -0.4 is 4.90 Å². The number of carboxylic acids is 1. The Bertz CT molecular complexity index is 509. The van der Waals surface area contributed by atoms with Gasteiger partial charge in [-0.3, -0.25) is 0 Å². The monoisotopic (exact) mass is 293 g/mol. The van der Waals surface area contributed by atoms with Gasteiger partial charge in [-0.05, 0) is 55.0 Å². The van der Waals surface area contributed by atoms with Crippen LogP contribution in [0.25, 0.3) is 6.08 Å². The van der Waals surface area contributed by atoms with Crippen LogP contribution in [-0.2, 0) is 4.79 Å². The minimum Gasteiger partial charge on any atom is -0.478 e. The highest BCUT2D eigenvalue weighted by Gasteiger charge is 2.24. The average Bonchev–Trinajstić information content (AvgIpc) is 3.20. The van der Waals surface area contributed by atoms with E-state index in [0.29, 0.717) is 5.02 Å². The molecule has 0 saturated heterocycles. The fourth-order valence-corrected chi connectivity index (χ4v) is 2.48. The van der Waals surface area contributed by atoms with E-state index in [1.54, 1.807) is 6.08 Å². The van der Waals surface area contributed by atoms with Crippen LogP contribution in [0.5, 0.6) is 0 Å². The molecule has 0 atom stereocenters. The number of carboxylic acid groups (broad SMARTS) is 1. The van der Waals surface area contributed by atoms with Crippen molar-refractivity contribution in [2.75, 3.05) is 18.0 Å². The minimum absolute atomic E-state index is 0.627. The minimum atomic E-state index is -0.944. The van der Waals surface area contributed by atoms with Crippen LogP contribution in [-0.4, -0.2) is 24.2 Å². The Morgan fingerprint density at radius 1 is 1.50 bits per heavy atom. The Morgan fingerprint density at radius 2 is 2.25 bits per heavy atom. The topological polar surface area (TPSA) is 40.5 Å². The predicted molar refractivity (Wildman–Crippen MR) is 83.3 cm³/mol. The molecule has 1 aliphatic carbocycles.